The molecule has 2 aromatic carbocycles. The van der Waals surface area contributed by atoms with Crippen LogP contribution in [0.4, 0.5) is 5.69 Å². The lowest BCUT2D eigenvalue weighted by molar-refractivity contribution is -0.113. The number of nitriles is 1. The van der Waals surface area contributed by atoms with Gasteiger partial charge in [-0.3, -0.25) is 9.36 Å². The second-order valence-corrected chi connectivity index (χ2v) is 6.25. The molecule has 0 bridgehead atoms. The molecule has 0 saturated heterocycles. The average molecular weight is 364 g/mol. The van der Waals surface area contributed by atoms with Crippen molar-refractivity contribution in [3.05, 3.63) is 66.5 Å². The van der Waals surface area contributed by atoms with Crippen LogP contribution in [0.1, 0.15) is 5.56 Å². The van der Waals surface area contributed by atoms with Gasteiger partial charge in [0, 0.05) is 23.8 Å². The summed E-state index contributed by atoms with van der Waals surface area (Å²) in [6.07, 6.45) is 3.54. The molecule has 1 aromatic heterocycles. The topological polar surface area (TPSA) is 79.9 Å². The number of nitrogens with zero attached hydrogens (tertiary/aromatic N) is 3. The second kappa shape index (κ2) is 8.23. The number of aromatic nitrogens is 2. The number of amides is 1. The van der Waals surface area contributed by atoms with Gasteiger partial charge < -0.3 is 10.1 Å². The van der Waals surface area contributed by atoms with E-state index in [0.29, 0.717) is 11.3 Å². The van der Waals surface area contributed by atoms with Gasteiger partial charge in [0.1, 0.15) is 5.75 Å². The van der Waals surface area contributed by atoms with Crippen molar-refractivity contribution in [2.24, 2.45) is 0 Å². The Hall–Kier alpha value is -3.24. The summed E-state index contributed by atoms with van der Waals surface area (Å²) in [4.78, 5) is 16.5. The highest BCUT2D eigenvalue weighted by Crippen LogP contribution is 2.22. The maximum Gasteiger partial charge on any atom is 0.234 e. The van der Waals surface area contributed by atoms with Crippen LogP contribution in [0.15, 0.2) is 66.1 Å². The second-order valence-electron chi connectivity index (χ2n) is 5.31. The minimum absolute atomic E-state index is 0.158. The number of carbonyl (C=O) groups excluding carboxylic acids is 1. The molecular weight excluding hydrogens is 348 g/mol. The van der Waals surface area contributed by atoms with Crippen LogP contribution in [0.3, 0.4) is 0 Å². The summed E-state index contributed by atoms with van der Waals surface area (Å²) in [6.45, 7) is 0. The molecule has 3 rings (SSSR count). The van der Waals surface area contributed by atoms with Crippen LogP contribution in [-0.4, -0.2) is 28.3 Å². The molecule has 0 atom stereocenters. The molecule has 26 heavy (non-hydrogen) atoms. The van der Waals surface area contributed by atoms with Gasteiger partial charge in [0.2, 0.25) is 5.91 Å². The summed E-state index contributed by atoms with van der Waals surface area (Å²) in [5, 5.41) is 12.4. The number of hydrogen-bond acceptors (Lipinski definition) is 5. The van der Waals surface area contributed by atoms with Crippen molar-refractivity contribution in [2.75, 3.05) is 18.2 Å². The molecule has 0 aliphatic carbocycles. The van der Waals surface area contributed by atoms with E-state index in [2.05, 4.69) is 10.3 Å². The van der Waals surface area contributed by atoms with Gasteiger partial charge in [-0.2, -0.15) is 5.26 Å². The first kappa shape index (κ1) is 17.6. The molecule has 3 aromatic rings. The summed E-state index contributed by atoms with van der Waals surface area (Å²) in [7, 11) is 1.62. The van der Waals surface area contributed by atoms with Crippen LogP contribution in [0.5, 0.6) is 5.75 Å². The molecule has 0 radical (unpaired) electrons. The number of hydrogen-bond donors (Lipinski definition) is 1. The molecule has 0 unspecified atom stereocenters. The smallest absolute Gasteiger partial charge is 0.234 e. The van der Waals surface area contributed by atoms with Crippen molar-refractivity contribution in [3.8, 4) is 17.5 Å². The Morgan fingerprint density at radius 3 is 2.85 bits per heavy atom. The van der Waals surface area contributed by atoms with Gasteiger partial charge in [-0.25, -0.2) is 4.98 Å². The van der Waals surface area contributed by atoms with Crippen LogP contribution in [-0.2, 0) is 4.79 Å². The van der Waals surface area contributed by atoms with E-state index in [0.717, 1.165) is 16.6 Å². The molecule has 130 valence electrons. The summed E-state index contributed by atoms with van der Waals surface area (Å²) in [6, 6.07) is 16.5. The lowest BCUT2D eigenvalue weighted by Gasteiger charge is -2.09. The van der Waals surface area contributed by atoms with Crippen molar-refractivity contribution in [1.29, 1.82) is 5.26 Å². The Morgan fingerprint density at radius 1 is 1.31 bits per heavy atom. The lowest BCUT2D eigenvalue weighted by Crippen LogP contribution is -2.14. The maximum atomic E-state index is 12.2. The standard InChI is InChI=1S/C19H16N4O2S/c1-25-17-7-5-16(6-8-17)23-10-9-21-19(23)26-13-18(24)22-15-4-2-3-14(11-15)12-20/h2-11H,13H2,1H3,(H,22,24). The largest absolute Gasteiger partial charge is 0.497 e. The highest BCUT2D eigenvalue weighted by atomic mass is 32.2. The van der Waals surface area contributed by atoms with Crippen molar-refractivity contribution in [3.63, 3.8) is 0 Å². The Kier molecular flexibility index (Phi) is 5.56. The van der Waals surface area contributed by atoms with Crippen molar-refractivity contribution in [2.45, 2.75) is 5.16 Å². The highest BCUT2D eigenvalue weighted by Gasteiger charge is 2.10. The maximum absolute atomic E-state index is 12.2. The first-order valence-corrected chi connectivity index (χ1v) is 8.79. The van der Waals surface area contributed by atoms with Crippen LogP contribution in [0, 0.1) is 11.3 Å². The number of imidazole rings is 1. The first-order valence-electron chi connectivity index (χ1n) is 7.80. The minimum atomic E-state index is -0.158. The predicted octanol–water partition coefficient (Wildman–Crippen LogP) is 3.48. The number of rotatable bonds is 6. The third-order valence-corrected chi connectivity index (χ3v) is 4.53. The van der Waals surface area contributed by atoms with E-state index in [1.807, 2.05) is 41.1 Å². The van der Waals surface area contributed by atoms with E-state index in [4.69, 9.17) is 10.00 Å². The van der Waals surface area contributed by atoms with Crippen molar-refractivity contribution >= 4 is 23.4 Å². The van der Waals surface area contributed by atoms with Gasteiger partial charge in [-0.1, -0.05) is 17.8 Å². The van der Waals surface area contributed by atoms with Gasteiger partial charge in [0.15, 0.2) is 5.16 Å². The Morgan fingerprint density at radius 2 is 2.12 bits per heavy atom. The average Bonchev–Trinajstić information content (AvgIpc) is 3.15. The van der Waals surface area contributed by atoms with Crippen LogP contribution in [0.25, 0.3) is 5.69 Å². The van der Waals surface area contributed by atoms with E-state index in [9.17, 15) is 4.79 Å². The molecule has 1 heterocycles. The van der Waals surface area contributed by atoms with Crippen molar-refractivity contribution < 1.29 is 9.53 Å². The number of nitrogens with one attached hydrogen (secondary N) is 1. The zero-order chi connectivity index (χ0) is 18.4. The molecule has 0 aliphatic rings. The van der Waals surface area contributed by atoms with Gasteiger partial charge in [0.05, 0.1) is 24.5 Å². The minimum Gasteiger partial charge on any atom is -0.497 e. The van der Waals surface area contributed by atoms with Gasteiger partial charge in [-0.05, 0) is 42.5 Å². The molecular formula is C19H16N4O2S. The summed E-state index contributed by atoms with van der Waals surface area (Å²) < 4.78 is 7.08. The van der Waals surface area contributed by atoms with Crippen LogP contribution >= 0.6 is 11.8 Å². The van der Waals surface area contributed by atoms with Gasteiger partial charge in [0.25, 0.3) is 0 Å². The Bertz CT molecular complexity index is 945. The third kappa shape index (κ3) is 4.23. The number of anilines is 1. The van der Waals surface area contributed by atoms with E-state index in [1.54, 1.807) is 37.6 Å². The SMILES string of the molecule is COc1ccc(-n2ccnc2SCC(=O)Nc2cccc(C#N)c2)cc1. The van der Waals surface area contributed by atoms with Crippen LogP contribution < -0.4 is 10.1 Å². The number of methoxy groups -OCH3 is 1. The van der Waals surface area contributed by atoms with E-state index in [1.165, 1.54) is 11.8 Å². The fourth-order valence-electron chi connectivity index (χ4n) is 2.33. The molecule has 0 spiro atoms. The highest BCUT2D eigenvalue weighted by molar-refractivity contribution is 7.99. The summed E-state index contributed by atoms with van der Waals surface area (Å²) in [5.41, 5.74) is 2.05. The molecule has 1 amide bonds. The molecule has 7 heteroatoms. The molecule has 1 N–H and O–H groups in total. The Labute approximate surface area is 155 Å². The summed E-state index contributed by atoms with van der Waals surface area (Å²) >= 11 is 1.34. The zero-order valence-corrected chi connectivity index (χ0v) is 14.9. The number of ether oxygens (including phenoxy) is 1. The quantitative estimate of drug-likeness (QED) is 0.677. The monoisotopic (exact) mass is 364 g/mol. The normalized spacial score (nSPS) is 10.2. The molecule has 0 fully saturated rings. The van der Waals surface area contributed by atoms with Crippen LogP contribution in [0.2, 0.25) is 0 Å². The van der Waals surface area contributed by atoms with Gasteiger partial charge in [-0.15, -0.1) is 0 Å². The number of carbonyl (C=O) groups is 1. The zero-order valence-electron chi connectivity index (χ0n) is 14.0. The Balaban J connectivity index is 1.64. The third-order valence-electron chi connectivity index (χ3n) is 3.57. The van der Waals surface area contributed by atoms with Crippen molar-refractivity contribution in [1.82, 2.24) is 9.55 Å². The first-order chi connectivity index (χ1) is 12.7. The lowest BCUT2D eigenvalue weighted by atomic mass is 10.2. The van der Waals surface area contributed by atoms with Gasteiger partial charge >= 0.3 is 0 Å². The van der Waals surface area contributed by atoms with E-state index >= 15 is 0 Å². The van der Waals surface area contributed by atoms with E-state index < -0.39 is 0 Å². The summed E-state index contributed by atoms with van der Waals surface area (Å²) in [5.74, 6) is 0.834. The molecule has 0 aliphatic heterocycles. The predicted molar refractivity (Wildman–Crippen MR) is 101 cm³/mol. The number of thioether (sulfide) groups is 1. The molecule has 6 nitrogen and oxygen atoms in total. The molecule has 0 saturated carbocycles. The fraction of sp³-hybridized carbons (Fsp3) is 0.105. The van der Waals surface area contributed by atoms with E-state index in [-0.39, 0.29) is 11.7 Å². The fourth-order valence-corrected chi connectivity index (χ4v) is 3.10. The number of benzene rings is 2.